The van der Waals surface area contributed by atoms with Crippen LogP contribution in [0.3, 0.4) is 0 Å². The normalized spacial score (nSPS) is 14.9. The Labute approximate surface area is 155 Å². The molecule has 2 amide bonds. The third kappa shape index (κ3) is 3.88. The van der Waals surface area contributed by atoms with E-state index in [1.54, 1.807) is 6.07 Å². The van der Waals surface area contributed by atoms with Gasteiger partial charge in [0, 0.05) is 6.42 Å². The van der Waals surface area contributed by atoms with Gasteiger partial charge in [0.05, 0.1) is 31.2 Å². The lowest BCUT2D eigenvalue weighted by molar-refractivity contribution is -0.894. The summed E-state index contributed by atoms with van der Waals surface area (Å²) < 4.78 is 5.70. The first-order valence-corrected chi connectivity index (χ1v) is 9.43. The summed E-state index contributed by atoms with van der Waals surface area (Å²) in [4.78, 5) is 27.1. The number of fused-ring (bicyclic) bond motifs is 1. The van der Waals surface area contributed by atoms with Gasteiger partial charge in [-0.3, -0.25) is 9.59 Å². The monoisotopic (exact) mass is 376 g/mol. The number of hydrogen-bond donors (Lipinski definition) is 2. The molecule has 2 heterocycles. The van der Waals surface area contributed by atoms with E-state index in [0.29, 0.717) is 22.5 Å². The first-order chi connectivity index (χ1) is 12.5. The van der Waals surface area contributed by atoms with E-state index in [0.717, 1.165) is 6.42 Å². The predicted octanol–water partition coefficient (Wildman–Crippen LogP) is 0.743. The molecular weight excluding hydrogens is 354 g/mol. The van der Waals surface area contributed by atoms with Crippen LogP contribution in [-0.2, 0) is 9.59 Å². The molecule has 1 aliphatic heterocycles. The molecule has 0 radical (unpaired) electrons. The van der Waals surface area contributed by atoms with E-state index in [4.69, 9.17) is 4.42 Å². The summed E-state index contributed by atoms with van der Waals surface area (Å²) in [5, 5.41) is 11.3. The van der Waals surface area contributed by atoms with E-state index < -0.39 is 0 Å². The Balaban J connectivity index is 1.67. The molecule has 2 aromatic rings. The zero-order valence-electron chi connectivity index (χ0n) is 15.0. The minimum absolute atomic E-state index is 0.00733. The van der Waals surface area contributed by atoms with Gasteiger partial charge in [-0.15, -0.1) is 10.2 Å². The smallest absolute Gasteiger partial charge is 0.277 e. The number of benzene rings is 1. The Kier molecular flexibility index (Phi) is 5.58. The maximum Gasteiger partial charge on any atom is 0.277 e. The van der Waals surface area contributed by atoms with Crippen LogP contribution in [0.4, 0.5) is 11.4 Å². The third-order valence-electron chi connectivity index (χ3n) is 4.22. The summed E-state index contributed by atoms with van der Waals surface area (Å²) in [6.07, 6.45) is 0.882. The number of hydrogen-bond acceptors (Lipinski definition) is 6. The van der Waals surface area contributed by atoms with E-state index in [9.17, 15) is 9.59 Å². The van der Waals surface area contributed by atoms with Crippen LogP contribution in [0.1, 0.15) is 25.3 Å². The minimum Gasteiger partial charge on any atom is -0.410 e. The largest absolute Gasteiger partial charge is 0.410 e. The summed E-state index contributed by atoms with van der Waals surface area (Å²) in [6.45, 7) is 2.07. The number of rotatable bonds is 6. The van der Waals surface area contributed by atoms with Gasteiger partial charge >= 0.3 is 0 Å². The van der Waals surface area contributed by atoms with Gasteiger partial charge in [0.25, 0.3) is 11.1 Å². The summed E-state index contributed by atoms with van der Waals surface area (Å²) in [6, 6.07) is 7.37. The molecule has 0 aliphatic carbocycles. The molecule has 1 aromatic carbocycles. The number of anilines is 2. The van der Waals surface area contributed by atoms with Crippen LogP contribution in [0, 0.1) is 0 Å². The Bertz CT molecular complexity index is 807. The van der Waals surface area contributed by atoms with Crippen LogP contribution in [0.2, 0.25) is 0 Å². The molecular formula is C17H22N5O3S+. The lowest BCUT2D eigenvalue weighted by atomic mass is 10.2. The van der Waals surface area contributed by atoms with Crippen LogP contribution >= 0.6 is 11.8 Å². The fourth-order valence-corrected chi connectivity index (χ4v) is 3.55. The molecule has 0 spiro atoms. The Morgan fingerprint density at radius 1 is 1.38 bits per heavy atom. The van der Waals surface area contributed by atoms with Crippen molar-refractivity contribution >= 4 is 35.0 Å². The summed E-state index contributed by atoms with van der Waals surface area (Å²) in [5.41, 5.74) is 1.34. The highest BCUT2D eigenvalue weighted by Crippen LogP contribution is 2.30. The highest BCUT2D eigenvalue weighted by Gasteiger charge is 2.27. The Morgan fingerprint density at radius 2 is 2.15 bits per heavy atom. The number of amides is 2. The fraction of sp³-hybridized carbons (Fsp3) is 0.412. The Morgan fingerprint density at radius 3 is 2.88 bits per heavy atom. The standard InChI is InChI=1S/C17H21N5O3S/c1-4-12(21(2)3)16-19-20-17(25-16)26-10-15(24)22-9-14(23)18-11-7-5-6-8-13(11)22/h5-8,12H,4,9-10H2,1-3H3,(H,18,23)/p+1/t12-/m1/s1. The van der Waals surface area contributed by atoms with Crippen molar-refractivity contribution in [1.82, 2.24) is 10.2 Å². The van der Waals surface area contributed by atoms with E-state index >= 15 is 0 Å². The van der Waals surface area contributed by atoms with Crippen LogP contribution in [-0.4, -0.2) is 48.4 Å². The van der Waals surface area contributed by atoms with Gasteiger partial charge in [0.2, 0.25) is 11.8 Å². The van der Waals surface area contributed by atoms with Crippen molar-refractivity contribution in [3.05, 3.63) is 30.2 Å². The molecule has 1 aromatic heterocycles. The molecule has 0 saturated heterocycles. The molecule has 0 unspecified atom stereocenters. The van der Waals surface area contributed by atoms with Gasteiger partial charge < -0.3 is 19.5 Å². The van der Waals surface area contributed by atoms with E-state index in [-0.39, 0.29) is 30.2 Å². The number of nitrogens with one attached hydrogen (secondary N) is 2. The maximum atomic E-state index is 12.6. The summed E-state index contributed by atoms with van der Waals surface area (Å²) >= 11 is 1.19. The van der Waals surface area contributed by atoms with Crippen molar-refractivity contribution in [1.29, 1.82) is 0 Å². The van der Waals surface area contributed by atoms with Gasteiger partial charge in [-0.2, -0.15) is 0 Å². The molecule has 0 saturated carbocycles. The highest BCUT2D eigenvalue weighted by atomic mass is 32.2. The molecule has 2 N–H and O–H groups in total. The lowest BCUT2D eigenvalue weighted by Crippen LogP contribution is -3.06. The number of thioether (sulfide) groups is 1. The van der Waals surface area contributed by atoms with E-state index in [1.807, 2.05) is 32.3 Å². The predicted molar refractivity (Wildman–Crippen MR) is 98.3 cm³/mol. The minimum atomic E-state index is -0.207. The van der Waals surface area contributed by atoms with Crippen LogP contribution in [0.15, 0.2) is 33.9 Å². The molecule has 1 atom stereocenters. The van der Waals surface area contributed by atoms with Crippen molar-refractivity contribution in [3.63, 3.8) is 0 Å². The van der Waals surface area contributed by atoms with E-state index in [1.165, 1.54) is 21.6 Å². The highest BCUT2D eigenvalue weighted by molar-refractivity contribution is 7.99. The van der Waals surface area contributed by atoms with Gasteiger partial charge in [-0.1, -0.05) is 30.8 Å². The lowest BCUT2D eigenvalue weighted by Gasteiger charge is -2.28. The molecule has 9 heteroatoms. The maximum absolute atomic E-state index is 12.6. The SMILES string of the molecule is CC[C@H](c1nnc(SCC(=O)N2CC(=O)Nc3ccccc32)o1)[NH+](C)C. The zero-order chi connectivity index (χ0) is 18.7. The summed E-state index contributed by atoms with van der Waals surface area (Å²) in [7, 11) is 4.07. The van der Waals surface area contributed by atoms with Gasteiger partial charge in [0.1, 0.15) is 6.54 Å². The second-order valence-corrected chi connectivity index (χ2v) is 7.20. The molecule has 26 heavy (non-hydrogen) atoms. The average Bonchev–Trinajstić information content (AvgIpc) is 3.07. The van der Waals surface area contributed by atoms with Gasteiger partial charge in [-0.05, 0) is 12.1 Å². The van der Waals surface area contributed by atoms with Crippen LogP contribution in [0.25, 0.3) is 0 Å². The van der Waals surface area contributed by atoms with Crippen LogP contribution in [0.5, 0.6) is 0 Å². The molecule has 0 bridgehead atoms. The van der Waals surface area contributed by atoms with Crippen molar-refractivity contribution in [3.8, 4) is 0 Å². The molecule has 138 valence electrons. The summed E-state index contributed by atoms with van der Waals surface area (Å²) in [5.74, 6) is 0.309. The first kappa shape index (κ1) is 18.4. The van der Waals surface area contributed by atoms with Crippen molar-refractivity contribution in [2.75, 3.05) is 36.6 Å². The molecule has 8 nitrogen and oxygen atoms in total. The number of carbonyl (C=O) groups excluding carboxylic acids is 2. The molecule has 3 rings (SSSR count). The van der Waals surface area contributed by atoms with Gasteiger partial charge in [-0.25, -0.2) is 0 Å². The van der Waals surface area contributed by atoms with Crippen molar-refractivity contribution < 1.29 is 18.9 Å². The number of aromatic nitrogens is 2. The quantitative estimate of drug-likeness (QED) is 0.723. The zero-order valence-corrected chi connectivity index (χ0v) is 15.8. The number of carbonyl (C=O) groups is 2. The first-order valence-electron chi connectivity index (χ1n) is 8.45. The molecule has 1 aliphatic rings. The van der Waals surface area contributed by atoms with Gasteiger partial charge in [0.15, 0.2) is 6.04 Å². The number of nitrogens with zero attached hydrogens (tertiary/aromatic N) is 3. The van der Waals surface area contributed by atoms with Crippen molar-refractivity contribution in [2.24, 2.45) is 0 Å². The van der Waals surface area contributed by atoms with E-state index in [2.05, 4.69) is 22.4 Å². The number of quaternary nitrogens is 1. The Hall–Kier alpha value is -2.39. The fourth-order valence-electron chi connectivity index (χ4n) is 2.91. The number of para-hydroxylation sites is 2. The van der Waals surface area contributed by atoms with Crippen LogP contribution < -0.4 is 15.1 Å². The second-order valence-electron chi connectivity index (χ2n) is 6.28. The average molecular weight is 376 g/mol. The topological polar surface area (TPSA) is 92.8 Å². The second kappa shape index (κ2) is 7.88. The third-order valence-corrected chi connectivity index (χ3v) is 5.02. The molecule has 0 fully saturated rings. The van der Waals surface area contributed by atoms with Crippen molar-refractivity contribution in [2.45, 2.75) is 24.6 Å².